The van der Waals surface area contributed by atoms with Crippen LogP contribution < -0.4 is 14.8 Å². The van der Waals surface area contributed by atoms with Crippen molar-refractivity contribution in [2.75, 3.05) is 12.1 Å². The van der Waals surface area contributed by atoms with Crippen LogP contribution in [0.1, 0.15) is 22.7 Å². The molecule has 2 aliphatic rings. The molecule has 0 amide bonds. The van der Waals surface area contributed by atoms with Gasteiger partial charge in [0.05, 0.1) is 5.39 Å². The minimum Gasteiger partial charge on any atom is -0.454 e. The first-order valence-electron chi connectivity index (χ1n) is 7.73. The lowest BCUT2D eigenvalue weighted by molar-refractivity contribution is 0.174. The van der Waals surface area contributed by atoms with Gasteiger partial charge in [0.25, 0.3) is 0 Å². The van der Waals surface area contributed by atoms with Gasteiger partial charge in [-0.1, -0.05) is 0 Å². The van der Waals surface area contributed by atoms with Crippen molar-refractivity contribution < 1.29 is 9.47 Å². The van der Waals surface area contributed by atoms with Crippen LogP contribution in [-0.4, -0.2) is 16.8 Å². The third-order valence-corrected chi connectivity index (χ3v) is 5.50. The number of hydrogen-bond acceptors (Lipinski definition) is 6. The Labute approximate surface area is 137 Å². The highest BCUT2D eigenvalue weighted by Gasteiger charge is 2.22. The van der Waals surface area contributed by atoms with Crippen LogP contribution in [0.4, 0.5) is 11.5 Å². The summed E-state index contributed by atoms with van der Waals surface area (Å²) >= 11 is 1.81. The molecule has 0 unspecified atom stereocenters. The van der Waals surface area contributed by atoms with Gasteiger partial charge in [0.15, 0.2) is 11.5 Å². The fraction of sp³-hybridized carbons (Fsp3) is 0.294. The lowest BCUT2D eigenvalue weighted by atomic mass is 10.2. The third-order valence-electron chi connectivity index (χ3n) is 4.31. The first-order chi connectivity index (χ1) is 11.3. The monoisotopic (exact) mass is 325 g/mol. The molecule has 0 saturated carbocycles. The molecule has 3 heterocycles. The number of aryl methyl sites for hydroxylation is 3. The van der Waals surface area contributed by atoms with E-state index in [-0.39, 0.29) is 6.79 Å². The van der Waals surface area contributed by atoms with Gasteiger partial charge in [-0.2, -0.15) is 0 Å². The Balaban J connectivity index is 1.62. The summed E-state index contributed by atoms with van der Waals surface area (Å²) in [5, 5.41) is 4.64. The standard InChI is InChI=1S/C17H15N3O2S/c1-9-18-16(15-11-3-2-4-14(11)23-17(15)19-9)20-10-5-6-12-13(7-10)22-8-21-12/h5-7H,2-4,8H2,1H3,(H,18,19,20). The molecule has 116 valence electrons. The number of nitrogens with zero attached hydrogens (tertiary/aromatic N) is 2. The fourth-order valence-electron chi connectivity index (χ4n) is 3.30. The molecule has 0 radical (unpaired) electrons. The van der Waals surface area contributed by atoms with Crippen LogP contribution in [0, 0.1) is 6.92 Å². The van der Waals surface area contributed by atoms with E-state index in [0.29, 0.717) is 0 Å². The molecule has 0 fully saturated rings. The molecule has 23 heavy (non-hydrogen) atoms. The van der Waals surface area contributed by atoms with Crippen LogP contribution >= 0.6 is 11.3 Å². The summed E-state index contributed by atoms with van der Waals surface area (Å²) in [4.78, 5) is 11.8. The summed E-state index contributed by atoms with van der Waals surface area (Å²) in [6.45, 7) is 2.22. The Hall–Kier alpha value is -2.34. The van der Waals surface area contributed by atoms with Gasteiger partial charge < -0.3 is 14.8 Å². The zero-order chi connectivity index (χ0) is 15.4. The van der Waals surface area contributed by atoms with Crippen molar-refractivity contribution in [2.45, 2.75) is 26.2 Å². The van der Waals surface area contributed by atoms with E-state index in [1.807, 2.05) is 36.5 Å². The maximum absolute atomic E-state index is 5.45. The van der Waals surface area contributed by atoms with Gasteiger partial charge in [-0.15, -0.1) is 11.3 Å². The first kappa shape index (κ1) is 13.1. The second-order valence-electron chi connectivity index (χ2n) is 5.85. The number of benzene rings is 1. The number of ether oxygens (including phenoxy) is 2. The summed E-state index contributed by atoms with van der Waals surface area (Å²) < 4.78 is 10.8. The number of nitrogens with one attached hydrogen (secondary N) is 1. The summed E-state index contributed by atoms with van der Waals surface area (Å²) in [7, 11) is 0. The topological polar surface area (TPSA) is 56.3 Å². The van der Waals surface area contributed by atoms with Crippen molar-refractivity contribution in [1.82, 2.24) is 9.97 Å². The quantitative estimate of drug-likeness (QED) is 0.773. The summed E-state index contributed by atoms with van der Waals surface area (Å²) in [6.07, 6.45) is 3.52. The van der Waals surface area contributed by atoms with Crippen molar-refractivity contribution in [2.24, 2.45) is 0 Å². The third kappa shape index (κ3) is 2.05. The van der Waals surface area contributed by atoms with Crippen LogP contribution in [0.2, 0.25) is 0 Å². The molecular formula is C17H15N3O2S. The average Bonchev–Trinajstić information content (AvgIpc) is 3.20. The van der Waals surface area contributed by atoms with E-state index in [9.17, 15) is 0 Å². The number of anilines is 2. The second-order valence-corrected chi connectivity index (χ2v) is 6.93. The van der Waals surface area contributed by atoms with Gasteiger partial charge >= 0.3 is 0 Å². The SMILES string of the molecule is Cc1nc(Nc2ccc3c(c2)OCO3)c2c3c(sc2n1)CCC3. The zero-order valence-corrected chi connectivity index (χ0v) is 13.5. The van der Waals surface area contributed by atoms with Gasteiger partial charge in [0, 0.05) is 16.6 Å². The van der Waals surface area contributed by atoms with E-state index in [1.54, 1.807) is 0 Å². The molecule has 1 aliphatic carbocycles. The number of thiophene rings is 1. The molecule has 2 aromatic heterocycles. The highest BCUT2D eigenvalue weighted by Crippen LogP contribution is 2.41. The van der Waals surface area contributed by atoms with Crippen molar-refractivity contribution in [3.63, 3.8) is 0 Å². The van der Waals surface area contributed by atoms with E-state index in [1.165, 1.54) is 28.7 Å². The van der Waals surface area contributed by atoms with Crippen LogP contribution in [0.5, 0.6) is 11.5 Å². The van der Waals surface area contributed by atoms with Crippen molar-refractivity contribution >= 4 is 33.1 Å². The summed E-state index contributed by atoms with van der Waals surface area (Å²) in [5.41, 5.74) is 2.37. The molecule has 6 heteroatoms. The molecule has 0 atom stereocenters. The first-order valence-corrected chi connectivity index (χ1v) is 8.55. The van der Waals surface area contributed by atoms with Gasteiger partial charge in [-0.05, 0) is 43.9 Å². The second kappa shape index (κ2) is 4.83. The maximum Gasteiger partial charge on any atom is 0.231 e. The van der Waals surface area contributed by atoms with Crippen LogP contribution in [0.3, 0.4) is 0 Å². The van der Waals surface area contributed by atoms with E-state index < -0.39 is 0 Å². The van der Waals surface area contributed by atoms with Crippen LogP contribution in [0.15, 0.2) is 18.2 Å². The summed E-state index contributed by atoms with van der Waals surface area (Å²) in [5.74, 6) is 3.25. The molecule has 1 N–H and O–H groups in total. The van der Waals surface area contributed by atoms with E-state index in [4.69, 9.17) is 9.47 Å². The van der Waals surface area contributed by atoms with E-state index in [2.05, 4.69) is 15.3 Å². The molecule has 5 nitrogen and oxygen atoms in total. The summed E-state index contributed by atoms with van der Waals surface area (Å²) in [6, 6.07) is 5.87. The molecular weight excluding hydrogens is 310 g/mol. The minimum atomic E-state index is 0.285. The van der Waals surface area contributed by atoms with Crippen molar-refractivity contribution in [3.05, 3.63) is 34.5 Å². The Bertz CT molecular complexity index is 935. The normalized spacial score (nSPS) is 15.2. The van der Waals surface area contributed by atoms with Gasteiger partial charge in [-0.3, -0.25) is 0 Å². The van der Waals surface area contributed by atoms with Crippen molar-refractivity contribution in [1.29, 1.82) is 0 Å². The van der Waals surface area contributed by atoms with Crippen LogP contribution in [0.25, 0.3) is 10.2 Å². The highest BCUT2D eigenvalue weighted by atomic mass is 32.1. The molecule has 1 aromatic carbocycles. The van der Waals surface area contributed by atoms with Crippen LogP contribution in [-0.2, 0) is 12.8 Å². The Morgan fingerprint density at radius 2 is 2.04 bits per heavy atom. The Morgan fingerprint density at radius 1 is 1.13 bits per heavy atom. The molecule has 0 saturated heterocycles. The van der Waals surface area contributed by atoms with Gasteiger partial charge in [0.1, 0.15) is 16.5 Å². The molecule has 0 bridgehead atoms. The highest BCUT2D eigenvalue weighted by molar-refractivity contribution is 7.19. The molecule has 0 spiro atoms. The Morgan fingerprint density at radius 3 is 3.00 bits per heavy atom. The maximum atomic E-state index is 5.45. The predicted molar refractivity (Wildman–Crippen MR) is 90.0 cm³/mol. The predicted octanol–water partition coefficient (Wildman–Crippen LogP) is 3.96. The number of rotatable bonds is 2. The van der Waals surface area contributed by atoms with Gasteiger partial charge in [0.2, 0.25) is 6.79 Å². The van der Waals surface area contributed by atoms with Gasteiger partial charge in [-0.25, -0.2) is 9.97 Å². The fourth-order valence-corrected chi connectivity index (χ4v) is 4.61. The number of aromatic nitrogens is 2. The minimum absolute atomic E-state index is 0.285. The lowest BCUT2D eigenvalue weighted by Crippen LogP contribution is -1.99. The average molecular weight is 325 g/mol. The molecule has 3 aromatic rings. The lowest BCUT2D eigenvalue weighted by Gasteiger charge is -2.09. The number of fused-ring (bicyclic) bond motifs is 4. The number of hydrogen-bond donors (Lipinski definition) is 1. The zero-order valence-electron chi connectivity index (χ0n) is 12.7. The smallest absolute Gasteiger partial charge is 0.231 e. The van der Waals surface area contributed by atoms with E-state index in [0.717, 1.165) is 40.1 Å². The van der Waals surface area contributed by atoms with E-state index >= 15 is 0 Å². The van der Waals surface area contributed by atoms with Crippen molar-refractivity contribution in [3.8, 4) is 11.5 Å². The molecule has 5 rings (SSSR count). The Kier molecular flexibility index (Phi) is 2.76. The largest absolute Gasteiger partial charge is 0.454 e. The molecule has 1 aliphatic heterocycles.